The van der Waals surface area contributed by atoms with Gasteiger partial charge in [-0.25, -0.2) is 4.98 Å². The molecule has 1 aliphatic rings. The minimum atomic E-state index is -0.542. The van der Waals surface area contributed by atoms with E-state index in [1.54, 1.807) is 30.4 Å². The number of rotatable bonds is 4. The average molecular weight is 574 g/mol. The minimum absolute atomic E-state index is 0.0656. The van der Waals surface area contributed by atoms with Crippen LogP contribution in [0, 0.1) is 13.7 Å². The summed E-state index contributed by atoms with van der Waals surface area (Å²) in [7, 11) is 0. The number of nitro groups is 1. The van der Waals surface area contributed by atoms with Crippen LogP contribution in [0.5, 0.6) is 11.5 Å². The molecule has 0 atom stereocenters. The Morgan fingerprint density at radius 2 is 1.88 bits per heavy atom. The van der Waals surface area contributed by atoms with Gasteiger partial charge in [-0.3, -0.25) is 19.5 Å². The number of benzene rings is 3. The Kier molecular flexibility index (Phi) is 5.51. The fraction of sp³-hybridized carbons (Fsp3) is 0.0435. The predicted molar refractivity (Wildman–Crippen MR) is 133 cm³/mol. The van der Waals surface area contributed by atoms with E-state index in [0.29, 0.717) is 33.9 Å². The minimum Gasteiger partial charge on any atom is -0.454 e. The number of hydrogen-bond donors (Lipinski definition) is 0. The molecular weight excluding hydrogens is 561 g/mol. The molecule has 0 aliphatic carbocycles. The lowest BCUT2D eigenvalue weighted by Gasteiger charge is -2.13. The van der Waals surface area contributed by atoms with Gasteiger partial charge in [-0.05, 0) is 70.6 Å². The van der Waals surface area contributed by atoms with Crippen molar-refractivity contribution in [2.24, 2.45) is 0 Å². The molecule has 0 fully saturated rings. The molecule has 164 valence electrons. The smallest absolute Gasteiger partial charge is 0.271 e. The standard InChI is InChI=1S/C23H13ClIN3O5/c24-17-11-15(28(30)31)4-6-19(17)27-22(26-18-5-3-14(25)10-16(18)23(27)29)8-2-13-1-7-20-21(9-13)33-12-32-20/h1-11H,12H2/b8-2+. The van der Waals surface area contributed by atoms with Gasteiger partial charge in [0, 0.05) is 15.7 Å². The first-order chi connectivity index (χ1) is 15.9. The highest BCUT2D eigenvalue weighted by Crippen LogP contribution is 2.33. The van der Waals surface area contributed by atoms with E-state index in [1.807, 2.05) is 18.2 Å². The third-order valence-electron chi connectivity index (χ3n) is 5.06. The van der Waals surface area contributed by atoms with Gasteiger partial charge >= 0.3 is 0 Å². The molecule has 0 saturated heterocycles. The fourth-order valence-corrected chi connectivity index (χ4v) is 4.25. The van der Waals surface area contributed by atoms with Gasteiger partial charge in [-0.1, -0.05) is 23.7 Å². The van der Waals surface area contributed by atoms with E-state index >= 15 is 0 Å². The molecule has 0 bridgehead atoms. The van der Waals surface area contributed by atoms with Crippen molar-refractivity contribution in [3.63, 3.8) is 0 Å². The number of ether oxygens (including phenoxy) is 2. The van der Waals surface area contributed by atoms with Gasteiger partial charge in [0.25, 0.3) is 11.2 Å². The van der Waals surface area contributed by atoms with E-state index in [4.69, 9.17) is 21.1 Å². The van der Waals surface area contributed by atoms with Crippen LogP contribution in [0.1, 0.15) is 11.4 Å². The van der Waals surface area contributed by atoms with Gasteiger partial charge in [0.15, 0.2) is 11.5 Å². The maximum atomic E-state index is 13.5. The van der Waals surface area contributed by atoms with Crippen LogP contribution in [-0.4, -0.2) is 21.3 Å². The Morgan fingerprint density at radius 3 is 2.67 bits per heavy atom. The summed E-state index contributed by atoms with van der Waals surface area (Å²) < 4.78 is 13.0. The Labute approximate surface area is 205 Å². The number of nitrogens with zero attached hydrogens (tertiary/aromatic N) is 3. The zero-order valence-corrected chi connectivity index (χ0v) is 19.6. The zero-order chi connectivity index (χ0) is 23.1. The largest absolute Gasteiger partial charge is 0.454 e. The zero-order valence-electron chi connectivity index (χ0n) is 16.7. The van der Waals surface area contributed by atoms with Crippen LogP contribution < -0.4 is 15.0 Å². The molecule has 2 heterocycles. The molecule has 5 rings (SSSR count). The number of nitro benzene ring substituents is 1. The van der Waals surface area contributed by atoms with E-state index in [0.717, 1.165) is 9.13 Å². The SMILES string of the molecule is O=c1c2cc(I)ccc2nc(/C=C/c2ccc3c(c2)OCO3)n1-c1ccc([N+](=O)[O-])cc1Cl. The van der Waals surface area contributed by atoms with Crippen molar-refractivity contribution >= 4 is 62.9 Å². The van der Waals surface area contributed by atoms with Crippen LogP contribution in [0.4, 0.5) is 5.69 Å². The quantitative estimate of drug-likeness (QED) is 0.183. The summed E-state index contributed by atoms with van der Waals surface area (Å²) in [5, 5.41) is 11.6. The number of aromatic nitrogens is 2. The van der Waals surface area contributed by atoms with Crippen LogP contribution in [0.25, 0.3) is 28.7 Å². The second-order valence-corrected chi connectivity index (χ2v) is 8.76. The lowest BCUT2D eigenvalue weighted by atomic mass is 10.1. The van der Waals surface area contributed by atoms with Crippen LogP contribution in [0.3, 0.4) is 0 Å². The molecule has 0 saturated carbocycles. The maximum Gasteiger partial charge on any atom is 0.271 e. The molecule has 0 N–H and O–H groups in total. The highest BCUT2D eigenvalue weighted by molar-refractivity contribution is 14.1. The normalized spacial score (nSPS) is 12.5. The van der Waals surface area contributed by atoms with Crippen LogP contribution in [0.2, 0.25) is 5.02 Å². The van der Waals surface area contributed by atoms with Crippen molar-refractivity contribution in [1.29, 1.82) is 0 Å². The number of non-ortho nitro benzene ring substituents is 1. The highest BCUT2D eigenvalue weighted by atomic mass is 127. The Hall–Kier alpha value is -3.44. The topological polar surface area (TPSA) is 96.5 Å². The molecule has 33 heavy (non-hydrogen) atoms. The lowest BCUT2D eigenvalue weighted by Crippen LogP contribution is -2.22. The second kappa shape index (κ2) is 8.49. The van der Waals surface area contributed by atoms with Crippen molar-refractivity contribution in [1.82, 2.24) is 9.55 Å². The van der Waals surface area contributed by atoms with Crippen molar-refractivity contribution in [2.75, 3.05) is 6.79 Å². The number of halogens is 2. The van der Waals surface area contributed by atoms with Gasteiger partial charge in [0.2, 0.25) is 6.79 Å². The summed E-state index contributed by atoms with van der Waals surface area (Å²) in [5.74, 6) is 1.62. The molecule has 3 aromatic carbocycles. The van der Waals surface area contributed by atoms with Gasteiger partial charge in [0.1, 0.15) is 5.82 Å². The summed E-state index contributed by atoms with van der Waals surface area (Å²) in [6.45, 7) is 0.172. The van der Waals surface area contributed by atoms with E-state index in [1.165, 1.54) is 22.8 Å². The van der Waals surface area contributed by atoms with Crippen molar-refractivity contribution in [3.05, 3.63) is 95.0 Å². The lowest BCUT2D eigenvalue weighted by molar-refractivity contribution is -0.384. The average Bonchev–Trinajstić information content (AvgIpc) is 3.26. The van der Waals surface area contributed by atoms with E-state index in [9.17, 15) is 14.9 Å². The van der Waals surface area contributed by atoms with E-state index in [2.05, 4.69) is 27.6 Å². The Morgan fingerprint density at radius 1 is 1.06 bits per heavy atom. The molecular formula is C23H13ClIN3O5. The Bertz CT molecular complexity index is 1530. The van der Waals surface area contributed by atoms with Gasteiger partial charge in [-0.15, -0.1) is 0 Å². The molecule has 1 aliphatic heterocycles. The summed E-state index contributed by atoms with van der Waals surface area (Å²) in [5.41, 5.74) is 1.14. The molecule has 8 nitrogen and oxygen atoms in total. The van der Waals surface area contributed by atoms with Crippen LogP contribution >= 0.6 is 34.2 Å². The van der Waals surface area contributed by atoms with Crippen molar-refractivity contribution < 1.29 is 14.4 Å². The van der Waals surface area contributed by atoms with Crippen molar-refractivity contribution in [3.8, 4) is 17.2 Å². The third kappa shape index (κ3) is 4.05. The monoisotopic (exact) mass is 573 g/mol. The highest BCUT2D eigenvalue weighted by Gasteiger charge is 2.17. The van der Waals surface area contributed by atoms with Crippen LogP contribution in [-0.2, 0) is 0 Å². The maximum absolute atomic E-state index is 13.5. The van der Waals surface area contributed by atoms with E-state index in [-0.39, 0.29) is 23.1 Å². The van der Waals surface area contributed by atoms with Gasteiger partial charge < -0.3 is 9.47 Å². The second-order valence-electron chi connectivity index (χ2n) is 7.11. The molecule has 0 radical (unpaired) electrons. The first-order valence-electron chi connectivity index (χ1n) is 9.65. The summed E-state index contributed by atoms with van der Waals surface area (Å²) in [4.78, 5) is 28.7. The first-order valence-corrected chi connectivity index (χ1v) is 11.1. The molecule has 10 heteroatoms. The number of fused-ring (bicyclic) bond motifs is 2. The molecule has 0 spiro atoms. The Balaban J connectivity index is 1.70. The molecule has 4 aromatic rings. The number of hydrogen-bond acceptors (Lipinski definition) is 6. The predicted octanol–water partition coefficient (Wildman–Crippen LogP) is 5.45. The van der Waals surface area contributed by atoms with Gasteiger partial charge in [-0.2, -0.15) is 0 Å². The first kappa shape index (κ1) is 21.4. The fourth-order valence-electron chi connectivity index (χ4n) is 3.50. The molecule has 0 amide bonds. The summed E-state index contributed by atoms with van der Waals surface area (Å²) >= 11 is 8.49. The molecule has 0 unspecified atom stereocenters. The summed E-state index contributed by atoms with van der Waals surface area (Å²) in [6.07, 6.45) is 3.48. The third-order valence-corrected chi connectivity index (χ3v) is 6.03. The van der Waals surface area contributed by atoms with E-state index < -0.39 is 4.92 Å². The molecule has 1 aromatic heterocycles. The van der Waals surface area contributed by atoms with Crippen LogP contribution in [0.15, 0.2) is 59.4 Å². The summed E-state index contributed by atoms with van der Waals surface area (Å²) in [6, 6.07) is 14.8. The van der Waals surface area contributed by atoms with Crippen molar-refractivity contribution in [2.45, 2.75) is 0 Å². The van der Waals surface area contributed by atoms with Gasteiger partial charge in [0.05, 0.1) is 26.5 Å².